The highest BCUT2D eigenvalue weighted by Crippen LogP contribution is 2.46. The molecule has 2 aliphatic rings. The summed E-state index contributed by atoms with van der Waals surface area (Å²) < 4.78 is 33.1. The minimum Gasteiger partial charge on any atom is -0.497 e. The Morgan fingerprint density at radius 3 is 2.45 bits per heavy atom. The summed E-state index contributed by atoms with van der Waals surface area (Å²) in [6.07, 6.45) is 5.09. The van der Waals surface area contributed by atoms with Crippen molar-refractivity contribution in [2.45, 2.75) is 25.0 Å². The van der Waals surface area contributed by atoms with Crippen LogP contribution in [0.1, 0.15) is 29.2 Å². The molecular weight excluding hydrogens is 415 g/mol. The summed E-state index contributed by atoms with van der Waals surface area (Å²) in [5.74, 6) is 2.09. The number of hydrogen-bond acceptors (Lipinski definition) is 3. The molecule has 3 nitrogen and oxygen atoms in total. The van der Waals surface area contributed by atoms with E-state index in [9.17, 15) is 0 Å². The average Bonchev–Trinajstić information content (AvgIpc) is 3.24. The summed E-state index contributed by atoms with van der Waals surface area (Å²) in [5, 5.41) is 2.28. The van der Waals surface area contributed by atoms with Gasteiger partial charge in [-0.15, -0.1) is 0 Å². The summed E-state index contributed by atoms with van der Waals surface area (Å²) in [6.45, 7) is 2.09. The first kappa shape index (κ1) is 19.9. The van der Waals surface area contributed by atoms with Crippen molar-refractivity contribution in [2.75, 3.05) is 7.11 Å². The normalized spacial score (nSPS) is 20.6. The van der Waals surface area contributed by atoms with Crippen molar-refractivity contribution in [1.29, 1.82) is 0 Å². The highest BCUT2D eigenvalue weighted by atomic mass is 19.1. The highest BCUT2D eigenvalue weighted by Gasteiger charge is 2.39. The van der Waals surface area contributed by atoms with Crippen LogP contribution >= 0.6 is 0 Å². The smallest absolute Gasteiger partial charge is 0.180 e. The molecule has 2 heterocycles. The lowest BCUT2D eigenvalue weighted by Gasteiger charge is -2.36. The third-order valence-electron chi connectivity index (χ3n) is 6.64. The number of ether oxygens (including phenoxy) is 3. The van der Waals surface area contributed by atoms with E-state index in [0.29, 0.717) is 5.56 Å². The number of rotatable bonds is 3. The van der Waals surface area contributed by atoms with E-state index in [-0.39, 0.29) is 11.9 Å². The molecule has 0 radical (unpaired) electrons. The van der Waals surface area contributed by atoms with Crippen LogP contribution in [0.25, 0.3) is 16.8 Å². The Kier molecular flexibility index (Phi) is 4.44. The van der Waals surface area contributed by atoms with Crippen LogP contribution in [0.5, 0.6) is 17.2 Å². The van der Waals surface area contributed by atoms with Crippen molar-refractivity contribution in [3.63, 3.8) is 0 Å². The van der Waals surface area contributed by atoms with E-state index in [2.05, 4.69) is 25.1 Å². The Bertz CT molecular complexity index is 1410. The van der Waals surface area contributed by atoms with Gasteiger partial charge in [0.05, 0.1) is 7.11 Å². The Balaban J connectivity index is 1.54. The molecule has 4 aromatic rings. The molecule has 0 aliphatic carbocycles. The molecule has 164 valence electrons. The molecule has 0 saturated carbocycles. The van der Waals surface area contributed by atoms with Gasteiger partial charge in [0.25, 0.3) is 0 Å². The Morgan fingerprint density at radius 1 is 0.909 bits per heavy atom. The highest BCUT2D eigenvalue weighted by molar-refractivity contribution is 5.97. The van der Waals surface area contributed by atoms with Gasteiger partial charge in [-0.3, -0.25) is 0 Å². The van der Waals surface area contributed by atoms with Gasteiger partial charge in [-0.1, -0.05) is 36.4 Å². The van der Waals surface area contributed by atoms with Gasteiger partial charge in [0, 0.05) is 28.7 Å². The van der Waals surface area contributed by atoms with Gasteiger partial charge in [0.2, 0.25) is 0 Å². The maximum Gasteiger partial charge on any atom is 0.180 e. The minimum absolute atomic E-state index is 0.178. The van der Waals surface area contributed by atoms with Crippen molar-refractivity contribution in [2.24, 2.45) is 0 Å². The zero-order valence-corrected chi connectivity index (χ0v) is 18.5. The van der Waals surface area contributed by atoms with Crippen LogP contribution in [0.3, 0.4) is 0 Å². The lowest BCUT2D eigenvalue weighted by atomic mass is 9.82. The van der Waals surface area contributed by atoms with Crippen LogP contribution in [-0.2, 0) is 12.0 Å². The Labute approximate surface area is 192 Å². The summed E-state index contributed by atoms with van der Waals surface area (Å²) in [5.41, 5.74) is 2.43. The second kappa shape index (κ2) is 7.38. The second-order valence-corrected chi connectivity index (χ2v) is 8.63. The van der Waals surface area contributed by atoms with Gasteiger partial charge in [0.1, 0.15) is 29.2 Å². The molecule has 2 aliphatic heterocycles. The SMILES string of the molecule is COc1ccc(C2(c3ccccc3F)C=Cc3c(ccc4c5c(ccc34)OC(C)C5)O2)cc1. The van der Waals surface area contributed by atoms with Gasteiger partial charge in [-0.2, -0.15) is 0 Å². The molecule has 0 amide bonds. The van der Waals surface area contributed by atoms with Crippen molar-refractivity contribution in [1.82, 2.24) is 0 Å². The fraction of sp³-hybridized carbons (Fsp3) is 0.172. The molecule has 0 fully saturated rings. The van der Waals surface area contributed by atoms with Crippen molar-refractivity contribution >= 4 is 16.8 Å². The molecule has 2 atom stereocenters. The third kappa shape index (κ3) is 3.01. The molecule has 0 N–H and O–H groups in total. The lowest BCUT2D eigenvalue weighted by molar-refractivity contribution is 0.156. The molecule has 0 aromatic heterocycles. The van der Waals surface area contributed by atoms with Crippen LogP contribution < -0.4 is 14.2 Å². The zero-order chi connectivity index (χ0) is 22.6. The van der Waals surface area contributed by atoms with Crippen molar-refractivity contribution in [3.05, 3.63) is 107 Å². The molecule has 4 heteroatoms. The quantitative estimate of drug-likeness (QED) is 0.358. The summed E-state index contributed by atoms with van der Waals surface area (Å²) in [6, 6.07) is 22.6. The number of methoxy groups -OCH3 is 1. The largest absolute Gasteiger partial charge is 0.497 e. The van der Waals surface area contributed by atoms with E-state index in [0.717, 1.165) is 40.2 Å². The minimum atomic E-state index is -1.09. The molecule has 6 rings (SSSR count). The zero-order valence-electron chi connectivity index (χ0n) is 18.5. The predicted octanol–water partition coefficient (Wildman–Crippen LogP) is 6.66. The molecule has 0 saturated heterocycles. The van der Waals surface area contributed by atoms with Gasteiger partial charge in [-0.25, -0.2) is 4.39 Å². The van der Waals surface area contributed by atoms with Gasteiger partial charge >= 0.3 is 0 Å². The molecule has 33 heavy (non-hydrogen) atoms. The first-order chi connectivity index (χ1) is 16.1. The molecule has 0 bridgehead atoms. The van der Waals surface area contributed by atoms with Gasteiger partial charge < -0.3 is 14.2 Å². The first-order valence-corrected chi connectivity index (χ1v) is 11.1. The van der Waals surface area contributed by atoms with Gasteiger partial charge in [0.15, 0.2) is 5.60 Å². The number of halogens is 1. The van der Waals surface area contributed by atoms with E-state index < -0.39 is 5.60 Å². The van der Waals surface area contributed by atoms with E-state index >= 15 is 4.39 Å². The first-order valence-electron chi connectivity index (χ1n) is 11.1. The van der Waals surface area contributed by atoms with Crippen molar-refractivity contribution < 1.29 is 18.6 Å². The summed E-state index contributed by atoms with van der Waals surface area (Å²) in [7, 11) is 1.63. The predicted molar refractivity (Wildman–Crippen MR) is 128 cm³/mol. The number of hydrogen-bond donors (Lipinski definition) is 0. The maximum atomic E-state index is 15.1. The van der Waals surface area contributed by atoms with E-state index in [1.807, 2.05) is 48.5 Å². The van der Waals surface area contributed by atoms with E-state index in [1.54, 1.807) is 19.2 Å². The number of fused-ring (bicyclic) bond motifs is 5. The van der Waals surface area contributed by atoms with Crippen LogP contribution in [0.15, 0.2) is 78.9 Å². The standard InChI is InChI=1S/C29H23FO3/c1-18-17-24-22-12-14-28-23(21(22)11-13-27(24)32-18)15-16-29(33-28,25-5-3-4-6-26(25)30)19-7-9-20(31-2)10-8-19/h3-16,18H,17H2,1-2H3. The van der Waals surface area contributed by atoms with E-state index in [1.165, 1.54) is 17.0 Å². The monoisotopic (exact) mass is 438 g/mol. The fourth-order valence-corrected chi connectivity index (χ4v) is 5.04. The lowest BCUT2D eigenvalue weighted by Crippen LogP contribution is -2.35. The van der Waals surface area contributed by atoms with Crippen LogP contribution in [0.4, 0.5) is 4.39 Å². The van der Waals surface area contributed by atoms with E-state index in [4.69, 9.17) is 14.2 Å². The second-order valence-electron chi connectivity index (χ2n) is 8.63. The summed E-state index contributed by atoms with van der Waals surface area (Å²) in [4.78, 5) is 0. The van der Waals surface area contributed by atoms with Crippen molar-refractivity contribution in [3.8, 4) is 17.2 Å². The fourth-order valence-electron chi connectivity index (χ4n) is 5.04. The molecule has 2 unspecified atom stereocenters. The molecule has 4 aromatic carbocycles. The third-order valence-corrected chi connectivity index (χ3v) is 6.64. The molecular formula is C29H23FO3. The topological polar surface area (TPSA) is 27.7 Å². The number of benzene rings is 4. The maximum absolute atomic E-state index is 15.1. The Hall–Kier alpha value is -3.79. The van der Waals surface area contributed by atoms with Crippen LogP contribution in [0, 0.1) is 5.82 Å². The summed E-state index contributed by atoms with van der Waals surface area (Å²) >= 11 is 0. The van der Waals surface area contributed by atoms with Crippen LogP contribution in [-0.4, -0.2) is 13.2 Å². The van der Waals surface area contributed by atoms with Crippen LogP contribution in [0.2, 0.25) is 0 Å². The Morgan fingerprint density at radius 2 is 1.67 bits per heavy atom. The molecule has 0 spiro atoms. The van der Waals surface area contributed by atoms with Gasteiger partial charge in [-0.05, 0) is 66.2 Å². The average molecular weight is 438 g/mol.